The van der Waals surface area contributed by atoms with Gasteiger partial charge in [0.05, 0.1) is 17.6 Å². The fourth-order valence-corrected chi connectivity index (χ4v) is 1.07. The highest BCUT2D eigenvalue weighted by Crippen LogP contribution is 2.22. The molecule has 0 saturated carbocycles. The van der Waals surface area contributed by atoms with Crippen molar-refractivity contribution in [2.45, 2.75) is 13.5 Å². The molecule has 1 N–H and O–H groups in total. The third-order valence-electron chi connectivity index (χ3n) is 1.61. The molecule has 0 aromatic heterocycles. The number of hydrogen-bond acceptors (Lipinski definition) is 5. The summed E-state index contributed by atoms with van der Waals surface area (Å²) in [6.45, 7) is 0.841. The maximum absolute atomic E-state index is 10.6. The molecule has 0 aliphatic rings. The highest BCUT2D eigenvalue weighted by Gasteiger charge is 2.11. The number of aliphatic hydroxyl groups excluding tert-OH is 1. The number of nitro groups is 1. The molecule has 0 aliphatic heterocycles. The van der Waals surface area contributed by atoms with Gasteiger partial charge in [0.25, 0.3) is 5.69 Å². The first kappa shape index (κ1) is 11.1. The lowest BCUT2D eigenvalue weighted by molar-refractivity contribution is -0.385. The number of rotatable bonds is 3. The molecule has 0 aliphatic carbocycles. The number of aliphatic hydroxyl groups is 1. The Hall–Kier alpha value is -1.95. The Bertz CT molecular complexity index is 401. The van der Waals surface area contributed by atoms with Crippen LogP contribution in [0.15, 0.2) is 18.2 Å². The number of non-ortho nitro benzene ring substituents is 1. The van der Waals surface area contributed by atoms with Crippen molar-refractivity contribution in [1.82, 2.24) is 0 Å². The van der Waals surface area contributed by atoms with E-state index in [1.165, 1.54) is 19.1 Å². The van der Waals surface area contributed by atoms with E-state index < -0.39 is 10.9 Å². The topological polar surface area (TPSA) is 89.7 Å². The Morgan fingerprint density at radius 3 is 2.67 bits per heavy atom. The normalized spacial score (nSPS) is 9.73. The molecule has 1 aromatic rings. The SMILES string of the molecule is CC(=O)Oc1cc(CO)cc([N+](=O)[O-])c1. The van der Waals surface area contributed by atoms with E-state index in [0.29, 0.717) is 5.56 Å². The minimum atomic E-state index is -0.619. The molecule has 0 fully saturated rings. The van der Waals surface area contributed by atoms with Crippen LogP contribution in [0.1, 0.15) is 12.5 Å². The molecule has 0 heterocycles. The standard InChI is InChI=1S/C9H9NO5/c1-6(12)15-9-3-7(5-11)2-8(4-9)10(13)14/h2-4,11H,5H2,1H3. The zero-order chi connectivity index (χ0) is 11.4. The molecule has 0 atom stereocenters. The van der Waals surface area contributed by atoms with Crippen molar-refractivity contribution in [1.29, 1.82) is 0 Å². The summed E-state index contributed by atoms with van der Waals surface area (Å²) in [5.74, 6) is -0.514. The maximum atomic E-state index is 10.6. The summed E-state index contributed by atoms with van der Waals surface area (Å²) in [6, 6.07) is 3.71. The molecule has 80 valence electrons. The third-order valence-corrected chi connectivity index (χ3v) is 1.61. The van der Waals surface area contributed by atoms with Crippen LogP contribution in [-0.4, -0.2) is 16.0 Å². The van der Waals surface area contributed by atoms with Gasteiger partial charge in [-0.25, -0.2) is 0 Å². The smallest absolute Gasteiger partial charge is 0.308 e. The number of ether oxygens (including phenoxy) is 1. The van der Waals surface area contributed by atoms with Crippen LogP contribution in [0, 0.1) is 10.1 Å². The number of nitro benzene ring substituents is 1. The van der Waals surface area contributed by atoms with E-state index in [-0.39, 0.29) is 18.0 Å². The Morgan fingerprint density at radius 1 is 1.53 bits per heavy atom. The van der Waals surface area contributed by atoms with E-state index in [0.717, 1.165) is 6.07 Å². The van der Waals surface area contributed by atoms with Gasteiger partial charge in [-0.3, -0.25) is 14.9 Å². The van der Waals surface area contributed by atoms with Gasteiger partial charge in [0.1, 0.15) is 5.75 Å². The molecule has 6 nitrogen and oxygen atoms in total. The zero-order valence-electron chi connectivity index (χ0n) is 7.97. The second kappa shape index (κ2) is 4.52. The van der Waals surface area contributed by atoms with E-state index in [1.54, 1.807) is 0 Å². The fraction of sp³-hybridized carbons (Fsp3) is 0.222. The van der Waals surface area contributed by atoms with Crippen LogP contribution in [0.5, 0.6) is 5.75 Å². The van der Waals surface area contributed by atoms with Crippen molar-refractivity contribution >= 4 is 11.7 Å². The van der Waals surface area contributed by atoms with Crippen LogP contribution in [0.3, 0.4) is 0 Å². The summed E-state index contributed by atoms with van der Waals surface area (Å²) in [4.78, 5) is 20.5. The molecule has 1 aromatic carbocycles. The van der Waals surface area contributed by atoms with Crippen LogP contribution in [-0.2, 0) is 11.4 Å². The van der Waals surface area contributed by atoms with Crippen molar-refractivity contribution < 1.29 is 19.6 Å². The predicted octanol–water partition coefficient (Wildman–Crippen LogP) is 1.01. The zero-order valence-corrected chi connectivity index (χ0v) is 7.97. The first-order chi connectivity index (χ1) is 7.02. The number of esters is 1. The number of carbonyl (C=O) groups excluding carboxylic acids is 1. The fourth-order valence-electron chi connectivity index (χ4n) is 1.07. The Labute approximate surface area is 85.2 Å². The van der Waals surface area contributed by atoms with Crippen LogP contribution in [0.2, 0.25) is 0 Å². The van der Waals surface area contributed by atoms with E-state index in [2.05, 4.69) is 0 Å². The number of hydrogen-bond donors (Lipinski definition) is 1. The van der Waals surface area contributed by atoms with Gasteiger partial charge >= 0.3 is 5.97 Å². The Kier molecular flexibility index (Phi) is 3.35. The molecular formula is C9H9NO5. The Balaban J connectivity index is 3.11. The minimum Gasteiger partial charge on any atom is -0.426 e. The second-order valence-corrected chi connectivity index (χ2v) is 2.84. The summed E-state index contributed by atoms with van der Waals surface area (Å²) in [6.07, 6.45) is 0. The quantitative estimate of drug-likeness (QED) is 0.349. The summed E-state index contributed by atoms with van der Waals surface area (Å²) in [7, 11) is 0. The van der Waals surface area contributed by atoms with Crippen molar-refractivity contribution in [2.75, 3.05) is 0 Å². The van der Waals surface area contributed by atoms with Gasteiger partial charge in [0, 0.05) is 13.0 Å². The number of nitrogens with zero attached hydrogens (tertiary/aromatic N) is 1. The molecule has 0 radical (unpaired) electrons. The lowest BCUT2D eigenvalue weighted by Crippen LogP contribution is -2.02. The van der Waals surface area contributed by atoms with E-state index in [9.17, 15) is 14.9 Å². The summed E-state index contributed by atoms with van der Waals surface area (Å²) in [5.41, 5.74) is 0.0956. The van der Waals surface area contributed by atoms with Crippen LogP contribution in [0.4, 0.5) is 5.69 Å². The van der Waals surface area contributed by atoms with Gasteiger partial charge in [-0.2, -0.15) is 0 Å². The lowest BCUT2D eigenvalue weighted by atomic mass is 10.2. The molecule has 0 bridgehead atoms. The van der Waals surface area contributed by atoms with Crippen molar-refractivity contribution in [2.24, 2.45) is 0 Å². The first-order valence-electron chi connectivity index (χ1n) is 4.10. The van der Waals surface area contributed by atoms with Gasteiger partial charge in [-0.05, 0) is 11.6 Å². The minimum absolute atomic E-state index is 0.0563. The molecule has 0 spiro atoms. The van der Waals surface area contributed by atoms with Crippen LogP contribution < -0.4 is 4.74 Å². The third kappa shape index (κ3) is 3.03. The molecular weight excluding hydrogens is 202 g/mol. The molecule has 0 amide bonds. The Morgan fingerprint density at radius 2 is 2.20 bits per heavy atom. The predicted molar refractivity (Wildman–Crippen MR) is 50.3 cm³/mol. The monoisotopic (exact) mass is 211 g/mol. The highest BCUT2D eigenvalue weighted by molar-refractivity contribution is 5.69. The van der Waals surface area contributed by atoms with Gasteiger partial charge < -0.3 is 9.84 Å². The lowest BCUT2D eigenvalue weighted by Gasteiger charge is -2.03. The van der Waals surface area contributed by atoms with Gasteiger partial charge in [0.15, 0.2) is 0 Å². The highest BCUT2D eigenvalue weighted by atomic mass is 16.6. The number of carbonyl (C=O) groups is 1. The molecule has 0 saturated heterocycles. The van der Waals surface area contributed by atoms with Crippen LogP contribution >= 0.6 is 0 Å². The first-order valence-corrected chi connectivity index (χ1v) is 4.10. The molecule has 0 unspecified atom stereocenters. The number of benzene rings is 1. The second-order valence-electron chi connectivity index (χ2n) is 2.84. The van der Waals surface area contributed by atoms with Gasteiger partial charge in [0.2, 0.25) is 0 Å². The van der Waals surface area contributed by atoms with Gasteiger partial charge in [-0.15, -0.1) is 0 Å². The van der Waals surface area contributed by atoms with E-state index in [4.69, 9.17) is 9.84 Å². The van der Waals surface area contributed by atoms with Crippen molar-refractivity contribution in [3.63, 3.8) is 0 Å². The molecule has 6 heteroatoms. The summed E-state index contributed by atoms with van der Waals surface area (Å²) in [5, 5.41) is 19.3. The van der Waals surface area contributed by atoms with Crippen molar-refractivity contribution in [3.8, 4) is 5.75 Å². The molecule has 15 heavy (non-hydrogen) atoms. The van der Waals surface area contributed by atoms with E-state index >= 15 is 0 Å². The maximum Gasteiger partial charge on any atom is 0.308 e. The van der Waals surface area contributed by atoms with E-state index in [1.807, 2.05) is 0 Å². The summed E-state index contributed by atoms with van der Waals surface area (Å²) >= 11 is 0. The molecule has 1 rings (SSSR count). The summed E-state index contributed by atoms with van der Waals surface area (Å²) < 4.78 is 4.69. The van der Waals surface area contributed by atoms with Gasteiger partial charge in [-0.1, -0.05) is 0 Å². The average molecular weight is 211 g/mol. The van der Waals surface area contributed by atoms with Crippen LogP contribution in [0.25, 0.3) is 0 Å². The van der Waals surface area contributed by atoms with Crippen molar-refractivity contribution in [3.05, 3.63) is 33.9 Å². The largest absolute Gasteiger partial charge is 0.426 e. The average Bonchev–Trinajstić information content (AvgIpc) is 2.16.